The van der Waals surface area contributed by atoms with Gasteiger partial charge in [-0.1, -0.05) is 61.1 Å². The Morgan fingerprint density at radius 3 is 2.59 bits per heavy atom. The number of hydrogen-bond acceptors (Lipinski definition) is 6. The Balaban J connectivity index is 0.00000138. The third-order valence-electron chi connectivity index (χ3n) is 6.85. The van der Waals surface area contributed by atoms with Crippen LogP contribution in [0.2, 0.25) is 0 Å². The van der Waals surface area contributed by atoms with Crippen LogP contribution in [0, 0.1) is 6.92 Å². The molecular formula is C34H47N3O4. The number of phenols is 1. The van der Waals surface area contributed by atoms with E-state index < -0.39 is 6.10 Å². The minimum atomic E-state index is -0.550. The number of amides is 1. The largest absolute Gasteiger partial charge is 0.506 e. The number of aryl methyl sites for hydroxylation is 1. The zero-order valence-electron chi connectivity index (χ0n) is 25.2. The molecule has 0 saturated heterocycles. The molecule has 2 aromatic rings. The van der Waals surface area contributed by atoms with Crippen LogP contribution in [-0.4, -0.2) is 54.2 Å². The van der Waals surface area contributed by atoms with Crippen molar-refractivity contribution >= 4 is 17.9 Å². The molecule has 0 fully saturated rings. The quantitative estimate of drug-likeness (QED) is 0.170. The van der Waals surface area contributed by atoms with Crippen molar-refractivity contribution < 1.29 is 19.8 Å². The van der Waals surface area contributed by atoms with E-state index in [1.165, 1.54) is 16.7 Å². The van der Waals surface area contributed by atoms with Crippen LogP contribution in [0.1, 0.15) is 56.7 Å². The van der Waals surface area contributed by atoms with Crippen molar-refractivity contribution in [2.75, 3.05) is 25.5 Å². The van der Waals surface area contributed by atoms with Crippen LogP contribution < -0.4 is 16.0 Å². The fraction of sp³-hybridized carbons (Fsp3) is 0.412. The van der Waals surface area contributed by atoms with Crippen LogP contribution in [0.25, 0.3) is 0 Å². The third-order valence-corrected chi connectivity index (χ3v) is 6.85. The number of hydrogen-bond donors (Lipinski definition) is 5. The first kappa shape index (κ1) is 33.5. The van der Waals surface area contributed by atoms with E-state index in [2.05, 4.69) is 54.9 Å². The number of β-amino-alcohol motifs (C(OH)–C–C–N with tert-alkyl or cyclic N) is 1. The molecule has 0 bridgehead atoms. The molecule has 222 valence electrons. The summed E-state index contributed by atoms with van der Waals surface area (Å²) in [6.45, 7) is 9.21. The molecule has 1 aliphatic rings. The number of aldehydes is 1. The zero-order valence-corrected chi connectivity index (χ0v) is 25.2. The maximum Gasteiger partial charge on any atom is 0.250 e. The lowest BCUT2D eigenvalue weighted by molar-refractivity contribution is -0.117. The molecule has 0 aliphatic heterocycles. The molecule has 0 spiro atoms. The molecule has 7 nitrogen and oxygen atoms in total. The summed E-state index contributed by atoms with van der Waals surface area (Å²) in [6, 6.07) is 13.6. The SMILES string of the molecule is CCC=O.CNc1cc(CC(O)CNC(C)(C)CC2=CC=CC(C(=O)NCCc3ccccc3C)=CC2)ccc1O. The Hall–Kier alpha value is -3.68. The first-order chi connectivity index (χ1) is 19.6. The molecule has 2 aromatic carbocycles. The lowest BCUT2D eigenvalue weighted by atomic mass is 9.92. The van der Waals surface area contributed by atoms with Crippen molar-refractivity contribution in [1.29, 1.82) is 0 Å². The number of carbonyl (C=O) groups excluding carboxylic acids is 2. The van der Waals surface area contributed by atoms with Gasteiger partial charge in [0, 0.05) is 37.7 Å². The highest BCUT2D eigenvalue weighted by atomic mass is 16.3. The first-order valence-electron chi connectivity index (χ1n) is 14.3. The summed E-state index contributed by atoms with van der Waals surface area (Å²) in [5, 5.41) is 29.9. The Labute approximate surface area is 245 Å². The fourth-order valence-corrected chi connectivity index (χ4v) is 4.55. The van der Waals surface area contributed by atoms with Gasteiger partial charge in [0.1, 0.15) is 12.0 Å². The topological polar surface area (TPSA) is 111 Å². The van der Waals surface area contributed by atoms with Gasteiger partial charge in [0.2, 0.25) is 0 Å². The normalized spacial score (nSPS) is 13.6. The number of nitrogens with one attached hydrogen (secondary N) is 3. The maximum absolute atomic E-state index is 12.7. The van der Waals surface area contributed by atoms with Gasteiger partial charge in [-0.05, 0) is 81.4 Å². The molecule has 7 heteroatoms. The van der Waals surface area contributed by atoms with Crippen LogP contribution in [0.15, 0.2) is 77.9 Å². The average Bonchev–Trinajstić information content (AvgIpc) is 3.19. The Bertz CT molecular complexity index is 1230. The van der Waals surface area contributed by atoms with Crippen LogP contribution in [0.3, 0.4) is 0 Å². The highest BCUT2D eigenvalue weighted by Crippen LogP contribution is 2.25. The molecule has 3 rings (SSSR count). The highest BCUT2D eigenvalue weighted by molar-refractivity contribution is 5.96. The van der Waals surface area contributed by atoms with Gasteiger partial charge in [-0.15, -0.1) is 0 Å². The minimum absolute atomic E-state index is 0.0457. The number of benzene rings is 2. The number of anilines is 1. The molecule has 0 aromatic heterocycles. The van der Waals surface area contributed by atoms with Gasteiger partial charge in [-0.3, -0.25) is 4.79 Å². The van der Waals surface area contributed by atoms with Crippen molar-refractivity contribution in [2.45, 2.75) is 71.4 Å². The second-order valence-electron chi connectivity index (χ2n) is 11.0. The summed E-state index contributed by atoms with van der Waals surface area (Å²) in [7, 11) is 1.76. The lowest BCUT2D eigenvalue weighted by Gasteiger charge is -2.29. The second-order valence-corrected chi connectivity index (χ2v) is 11.0. The van der Waals surface area contributed by atoms with Gasteiger partial charge in [0.05, 0.1) is 11.8 Å². The Morgan fingerprint density at radius 1 is 1.17 bits per heavy atom. The smallest absolute Gasteiger partial charge is 0.250 e. The van der Waals surface area contributed by atoms with Gasteiger partial charge >= 0.3 is 0 Å². The van der Waals surface area contributed by atoms with Gasteiger partial charge < -0.3 is 31.0 Å². The molecule has 5 N–H and O–H groups in total. The van der Waals surface area contributed by atoms with E-state index in [-0.39, 0.29) is 17.2 Å². The summed E-state index contributed by atoms with van der Waals surface area (Å²) < 4.78 is 0. The van der Waals surface area contributed by atoms with E-state index in [1.807, 2.05) is 49.4 Å². The average molecular weight is 562 g/mol. The number of aliphatic hydroxyl groups is 1. The van der Waals surface area contributed by atoms with Crippen molar-refractivity contribution in [3.63, 3.8) is 0 Å². The molecule has 0 radical (unpaired) electrons. The van der Waals surface area contributed by atoms with E-state index in [1.54, 1.807) is 13.1 Å². The van der Waals surface area contributed by atoms with E-state index in [4.69, 9.17) is 0 Å². The molecule has 1 aliphatic carbocycles. The summed E-state index contributed by atoms with van der Waals surface area (Å²) in [4.78, 5) is 21.9. The van der Waals surface area contributed by atoms with E-state index in [0.717, 1.165) is 24.7 Å². The van der Waals surface area contributed by atoms with Crippen LogP contribution in [0.4, 0.5) is 5.69 Å². The van der Waals surface area contributed by atoms with E-state index in [0.29, 0.717) is 43.6 Å². The molecule has 0 heterocycles. The van der Waals surface area contributed by atoms with Gasteiger partial charge in [-0.2, -0.15) is 0 Å². The maximum atomic E-state index is 12.7. The van der Waals surface area contributed by atoms with E-state index in [9.17, 15) is 19.8 Å². The standard InChI is InChI=1S/C31H41N3O3.C3H6O/c1-22-8-5-6-10-25(22)16-17-33-30(37)26-11-7-9-23(12-14-26)20-31(2,3)34-21-27(35)18-24-13-15-29(36)28(19-24)32-4;1-2-3-4/h5-11,13-15,19,27,32,34-36H,12,16-18,20-21H2,1-4H3,(H,33,37);3H,2H2,1H3. The monoisotopic (exact) mass is 561 g/mol. The van der Waals surface area contributed by atoms with Crippen LogP contribution in [-0.2, 0) is 22.4 Å². The number of rotatable bonds is 13. The van der Waals surface area contributed by atoms with Crippen molar-refractivity contribution in [1.82, 2.24) is 10.6 Å². The predicted octanol–water partition coefficient (Wildman–Crippen LogP) is 5.17. The predicted molar refractivity (Wildman–Crippen MR) is 168 cm³/mol. The first-order valence-corrected chi connectivity index (χ1v) is 14.3. The Morgan fingerprint density at radius 2 is 1.90 bits per heavy atom. The summed E-state index contributed by atoms with van der Waals surface area (Å²) >= 11 is 0. The Kier molecular flexibility index (Phi) is 14.1. The van der Waals surface area contributed by atoms with Crippen molar-refractivity contribution in [2.24, 2.45) is 0 Å². The number of aromatic hydroxyl groups is 1. The number of phenolic OH excluding ortho intramolecular Hbond substituents is 1. The number of aliphatic hydroxyl groups excluding tert-OH is 1. The molecule has 1 unspecified atom stereocenters. The molecule has 1 amide bonds. The third kappa shape index (κ3) is 12.2. The van der Waals surface area contributed by atoms with E-state index >= 15 is 0 Å². The highest BCUT2D eigenvalue weighted by Gasteiger charge is 2.21. The molecular weight excluding hydrogens is 514 g/mol. The van der Waals surface area contributed by atoms with Crippen molar-refractivity contribution in [3.8, 4) is 5.75 Å². The summed E-state index contributed by atoms with van der Waals surface area (Å²) in [6.07, 6.45) is 11.7. The zero-order chi connectivity index (χ0) is 30.3. The molecule has 1 atom stereocenters. The molecule has 41 heavy (non-hydrogen) atoms. The minimum Gasteiger partial charge on any atom is -0.506 e. The number of allylic oxidation sites excluding steroid dienone is 3. The molecule has 0 saturated carbocycles. The van der Waals surface area contributed by atoms with Gasteiger partial charge in [0.25, 0.3) is 5.91 Å². The van der Waals surface area contributed by atoms with Gasteiger partial charge in [0.15, 0.2) is 0 Å². The van der Waals surface area contributed by atoms with Crippen molar-refractivity contribution in [3.05, 3.63) is 94.6 Å². The lowest BCUT2D eigenvalue weighted by Crippen LogP contribution is -2.44. The van der Waals surface area contributed by atoms with Gasteiger partial charge in [-0.25, -0.2) is 0 Å². The summed E-state index contributed by atoms with van der Waals surface area (Å²) in [5.41, 5.74) is 5.79. The fourth-order valence-electron chi connectivity index (χ4n) is 4.55. The van der Waals surface area contributed by atoms with Crippen LogP contribution >= 0.6 is 0 Å². The second kappa shape index (κ2) is 17.2. The van der Waals surface area contributed by atoms with Crippen LogP contribution in [0.5, 0.6) is 5.75 Å². The summed E-state index contributed by atoms with van der Waals surface area (Å²) in [5.74, 6) is 0.151. The number of carbonyl (C=O) groups is 2.